The normalized spacial score (nSPS) is 19.8. The maximum atomic E-state index is 11.9. The van der Waals surface area contributed by atoms with Crippen LogP contribution in [0.3, 0.4) is 0 Å². The van der Waals surface area contributed by atoms with Crippen molar-refractivity contribution in [3.63, 3.8) is 0 Å². The van der Waals surface area contributed by atoms with Crippen molar-refractivity contribution in [2.75, 3.05) is 39.8 Å². The molecule has 0 aliphatic carbocycles. The van der Waals surface area contributed by atoms with E-state index in [0.29, 0.717) is 19.7 Å². The molecule has 1 aromatic rings. The van der Waals surface area contributed by atoms with E-state index in [4.69, 9.17) is 4.74 Å². The molecular weight excluding hydrogens is 254 g/mol. The largest absolute Gasteiger partial charge is 0.374 e. The summed E-state index contributed by atoms with van der Waals surface area (Å²) in [5.74, 6) is 0.0685. The molecule has 1 unspecified atom stereocenters. The zero-order valence-electron chi connectivity index (χ0n) is 12.0. The van der Waals surface area contributed by atoms with Gasteiger partial charge in [-0.15, -0.1) is 0 Å². The first-order chi connectivity index (χ1) is 9.78. The molecule has 2 rings (SSSR count). The summed E-state index contributed by atoms with van der Waals surface area (Å²) in [6.45, 7) is 4.17. The van der Waals surface area contributed by atoms with Gasteiger partial charge in [0.15, 0.2) is 0 Å². The van der Waals surface area contributed by atoms with Crippen LogP contribution < -0.4 is 10.6 Å². The highest BCUT2D eigenvalue weighted by Crippen LogP contribution is 2.04. The van der Waals surface area contributed by atoms with E-state index in [9.17, 15) is 4.79 Å². The molecule has 1 atom stereocenters. The van der Waals surface area contributed by atoms with Gasteiger partial charge >= 0.3 is 0 Å². The van der Waals surface area contributed by atoms with Crippen LogP contribution >= 0.6 is 0 Å². The van der Waals surface area contributed by atoms with Gasteiger partial charge in [0.25, 0.3) is 0 Å². The zero-order chi connectivity index (χ0) is 14.2. The molecule has 1 amide bonds. The number of benzene rings is 1. The Morgan fingerprint density at radius 2 is 2.20 bits per heavy atom. The summed E-state index contributed by atoms with van der Waals surface area (Å²) in [6, 6.07) is 9.95. The first kappa shape index (κ1) is 15.0. The molecular formula is C15H23N3O2. The molecule has 0 radical (unpaired) electrons. The molecule has 1 saturated heterocycles. The van der Waals surface area contributed by atoms with Crippen LogP contribution in [0.1, 0.15) is 5.56 Å². The predicted molar refractivity (Wildman–Crippen MR) is 78.4 cm³/mol. The third-order valence-corrected chi connectivity index (χ3v) is 3.35. The average Bonchev–Trinajstić information content (AvgIpc) is 2.47. The van der Waals surface area contributed by atoms with Gasteiger partial charge in [-0.05, 0) is 12.6 Å². The number of likely N-dealkylation sites (N-methyl/N-ethyl adjacent to an activating group) is 1. The van der Waals surface area contributed by atoms with Gasteiger partial charge in [-0.25, -0.2) is 0 Å². The molecule has 0 spiro atoms. The molecule has 1 aromatic carbocycles. The Bertz CT molecular complexity index is 409. The SMILES string of the molecule is CNCC1CN(CC(=O)NCc2ccccc2)CCO1. The zero-order valence-corrected chi connectivity index (χ0v) is 12.0. The fourth-order valence-electron chi connectivity index (χ4n) is 2.33. The molecule has 1 heterocycles. The summed E-state index contributed by atoms with van der Waals surface area (Å²) in [5, 5.41) is 6.06. The summed E-state index contributed by atoms with van der Waals surface area (Å²) in [6.07, 6.45) is 0.177. The van der Waals surface area contributed by atoms with Crippen molar-refractivity contribution in [3.05, 3.63) is 35.9 Å². The molecule has 2 N–H and O–H groups in total. The van der Waals surface area contributed by atoms with Gasteiger partial charge in [-0.2, -0.15) is 0 Å². The number of amides is 1. The van der Waals surface area contributed by atoms with Crippen molar-refractivity contribution in [2.45, 2.75) is 12.6 Å². The molecule has 5 nitrogen and oxygen atoms in total. The Morgan fingerprint density at radius 3 is 2.95 bits per heavy atom. The molecule has 110 valence electrons. The minimum Gasteiger partial charge on any atom is -0.374 e. The van der Waals surface area contributed by atoms with E-state index in [-0.39, 0.29) is 12.0 Å². The fraction of sp³-hybridized carbons (Fsp3) is 0.533. The molecule has 0 saturated carbocycles. The molecule has 1 fully saturated rings. The Kier molecular flexibility index (Phi) is 5.98. The third-order valence-electron chi connectivity index (χ3n) is 3.35. The van der Waals surface area contributed by atoms with Gasteiger partial charge in [-0.3, -0.25) is 9.69 Å². The van der Waals surface area contributed by atoms with Gasteiger partial charge in [-0.1, -0.05) is 30.3 Å². The third kappa shape index (κ3) is 4.92. The smallest absolute Gasteiger partial charge is 0.234 e. The van der Waals surface area contributed by atoms with Crippen LogP contribution in [0.5, 0.6) is 0 Å². The highest BCUT2D eigenvalue weighted by atomic mass is 16.5. The van der Waals surface area contributed by atoms with E-state index in [1.54, 1.807) is 0 Å². The summed E-state index contributed by atoms with van der Waals surface area (Å²) in [7, 11) is 1.91. The summed E-state index contributed by atoms with van der Waals surface area (Å²) >= 11 is 0. The van der Waals surface area contributed by atoms with Gasteiger partial charge in [0.2, 0.25) is 5.91 Å². The predicted octanol–water partition coefficient (Wildman–Crippen LogP) is 0.223. The first-order valence-electron chi connectivity index (χ1n) is 7.07. The van der Waals surface area contributed by atoms with E-state index in [2.05, 4.69) is 15.5 Å². The second-order valence-electron chi connectivity index (χ2n) is 5.05. The average molecular weight is 277 g/mol. The highest BCUT2D eigenvalue weighted by Gasteiger charge is 2.21. The van der Waals surface area contributed by atoms with Crippen molar-refractivity contribution in [1.82, 2.24) is 15.5 Å². The van der Waals surface area contributed by atoms with Crippen molar-refractivity contribution in [3.8, 4) is 0 Å². The standard InChI is InChI=1S/C15H23N3O2/c1-16-10-14-11-18(7-8-20-14)12-15(19)17-9-13-5-3-2-4-6-13/h2-6,14,16H,7-12H2,1H3,(H,17,19). The highest BCUT2D eigenvalue weighted by molar-refractivity contribution is 5.78. The monoisotopic (exact) mass is 277 g/mol. The lowest BCUT2D eigenvalue weighted by molar-refractivity contribution is -0.124. The van der Waals surface area contributed by atoms with Gasteiger partial charge in [0.1, 0.15) is 0 Å². The minimum absolute atomic E-state index is 0.0685. The number of morpholine rings is 1. The molecule has 20 heavy (non-hydrogen) atoms. The summed E-state index contributed by atoms with van der Waals surface area (Å²) in [4.78, 5) is 14.1. The molecule has 0 aromatic heterocycles. The van der Waals surface area contributed by atoms with E-state index >= 15 is 0 Å². The number of hydrogen-bond donors (Lipinski definition) is 2. The maximum absolute atomic E-state index is 11.9. The van der Waals surface area contributed by atoms with E-state index in [1.807, 2.05) is 37.4 Å². The molecule has 1 aliphatic rings. The van der Waals surface area contributed by atoms with Crippen molar-refractivity contribution >= 4 is 5.91 Å². The molecule has 5 heteroatoms. The van der Waals surface area contributed by atoms with Crippen molar-refractivity contribution in [2.24, 2.45) is 0 Å². The first-order valence-corrected chi connectivity index (χ1v) is 7.07. The lowest BCUT2D eigenvalue weighted by Gasteiger charge is -2.32. The number of nitrogens with one attached hydrogen (secondary N) is 2. The van der Waals surface area contributed by atoms with E-state index < -0.39 is 0 Å². The Hall–Kier alpha value is -1.43. The molecule has 0 bridgehead atoms. The lowest BCUT2D eigenvalue weighted by atomic mass is 10.2. The number of ether oxygens (including phenoxy) is 1. The second kappa shape index (κ2) is 7.99. The Morgan fingerprint density at radius 1 is 1.40 bits per heavy atom. The fourth-order valence-corrected chi connectivity index (χ4v) is 2.33. The van der Waals surface area contributed by atoms with Crippen LogP contribution in [-0.4, -0.2) is 56.7 Å². The topological polar surface area (TPSA) is 53.6 Å². The van der Waals surface area contributed by atoms with Crippen molar-refractivity contribution < 1.29 is 9.53 Å². The van der Waals surface area contributed by atoms with Crippen LogP contribution in [0.25, 0.3) is 0 Å². The Labute approximate surface area is 120 Å². The van der Waals surface area contributed by atoms with Gasteiger partial charge < -0.3 is 15.4 Å². The number of hydrogen-bond acceptors (Lipinski definition) is 4. The molecule has 1 aliphatic heterocycles. The van der Waals surface area contributed by atoms with Crippen LogP contribution in [0, 0.1) is 0 Å². The van der Waals surface area contributed by atoms with Gasteiger partial charge in [0, 0.05) is 26.2 Å². The van der Waals surface area contributed by atoms with Crippen LogP contribution in [0.15, 0.2) is 30.3 Å². The van der Waals surface area contributed by atoms with E-state index in [1.165, 1.54) is 0 Å². The minimum atomic E-state index is 0.0685. The second-order valence-corrected chi connectivity index (χ2v) is 5.05. The van der Waals surface area contributed by atoms with Crippen molar-refractivity contribution in [1.29, 1.82) is 0 Å². The number of carbonyl (C=O) groups excluding carboxylic acids is 1. The Balaban J connectivity index is 1.71. The summed E-state index contributed by atoms with van der Waals surface area (Å²) < 4.78 is 5.62. The van der Waals surface area contributed by atoms with Crippen LogP contribution in [-0.2, 0) is 16.1 Å². The lowest BCUT2D eigenvalue weighted by Crippen LogP contribution is -2.49. The van der Waals surface area contributed by atoms with Gasteiger partial charge in [0.05, 0.1) is 19.3 Å². The quantitative estimate of drug-likeness (QED) is 0.781. The number of carbonyl (C=O) groups is 1. The maximum Gasteiger partial charge on any atom is 0.234 e. The number of rotatable bonds is 6. The van der Waals surface area contributed by atoms with Crippen LogP contribution in [0.4, 0.5) is 0 Å². The number of nitrogens with zero attached hydrogens (tertiary/aromatic N) is 1. The van der Waals surface area contributed by atoms with E-state index in [0.717, 1.165) is 25.2 Å². The summed E-state index contributed by atoms with van der Waals surface area (Å²) in [5.41, 5.74) is 1.12. The van der Waals surface area contributed by atoms with Crippen LogP contribution in [0.2, 0.25) is 0 Å².